The van der Waals surface area contributed by atoms with E-state index < -0.39 is 0 Å². The SMILES string of the molecule is COc1ccc2nc(-c3cc(OC)c(OC)c(OC)c3)cc(C(=O)NC[C@@H](CO)Cc3c[nH]c4cc(F)ccc34)c2c1. The van der Waals surface area contributed by atoms with E-state index >= 15 is 0 Å². The van der Waals surface area contributed by atoms with Crippen LogP contribution in [0.4, 0.5) is 4.39 Å². The number of H-pyrrole nitrogens is 1. The van der Waals surface area contributed by atoms with E-state index in [1.54, 1.807) is 55.8 Å². The molecule has 0 aliphatic carbocycles. The Balaban J connectivity index is 1.47. The predicted octanol–water partition coefficient (Wildman–Crippen LogP) is 5.14. The Hall–Kier alpha value is -4.83. The number of methoxy groups -OCH3 is 4. The van der Waals surface area contributed by atoms with Gasteiger partial charge in [0.25, 0.3) is 5.91 Å². The fourth-order valence-corrected chi connectivity index (χ4v) is 5.07. The van der Waals surface area contributed by atoms with E-state index in [1.165, 1.54) is 33.5 Å². The van der Waals surface area contributed by atoms with Gasteiger partial charge in [-0.05, 0) is 66.6 Å². The van der Waals surface area contributed by atoms with Crippen LogP contribution < -0.4 is 24.3 Å². The minimum absolute atomic E-state index is 0.143. The van der Waals surface area contributed by atoms with E-state index in [0.29, 0.717) is 62.7 Å². The molecule has 0 saturated carbocycles. The van der Waals surface area contributed by atoms with Gasteiger partial charge in [-0.25, -0.2) is 9.37 Å². The van der Waals surface area contributed by atoms with Crippen molar-refractivity contribution >= 4 is 27.7 Å². The predicted molar refractivity (Wildman–Crippen MR) is 158 cm³/mol. The van der Waals surface area contributed by atoms with Crippen molar-refractivity contribution in [2.75, 3.05) is 41.6 Å². The molecule has 2 aromatic heterocycles. The number of carbonyl (C=O) groups is 1. The summed E-state index contributed by atoms with van der Waals surface area (Å²) in [4.78, 5) is 21.6. The number of hydrogen-bond acceptors (Lipinski definition) is 7. The summed E-state index contributed by atoms with van der Waals surface area (Å²) in [5.74, 6) is 1.03. The molecular weight excluding hydrogens is 541 g/mol. The largest absolute Gasteiger partial charge is 0.497 e. The molecule has 0 spiro atoms. The number of aromatic nitrogens is 2. The first-order chi connectivity index (χ1) is 20.4. The number of nitrogens with zero attached hydrogens (tertiary/aromatic N) is 1. The number of halogens is 1. The van der Waals surface area contributed by atoms with Crippen molar-refractivity contribution in [3.05, 3.63) is 77.7 Å². The smallest absolute Gasteiger partial charge is 0.252 e. The normalized spacial score (nSPS) is 11.9. The first-order valence-electron chi connectivity index (χ1n) is 13.3. The second-order valence-electron chi connectivity index (χ2n) is 9.82. The Morgan fingerprint density at radius 3 is 2.38 bits per heavy atom. The molecule has 5 rings (SSSR count). The molecule has 218 valence electrons. The molecule has 0 aliphatic rings. The molecule has 1 atom stereocenters. The van der Waals surface area contributed by atoms with Crippen LogP contribution in [0.25, 0.3) is 33.1 Å². The summed E-state index contributed by atoms with van der Waals surface area (Å²) in [6.45, 7) is 0.0756. The number of pyridine rings is 1. The minimum atomic E-state index is -0.330. The van der Waals surface area contributed by atoms with Gasteiger partial charge in [0.2, 0.25) is 5.75 Å². The molecule has 0 aliphatic heterocycles. The second-order valence-corrected chi connectivity index (χ2v) is 9.82. The summed E-state index contributed by atoms with van der Waals surface area (Å²) < 4.78 is 35.5. The quantitative estimate of drug-likeness (QED) is 0.201. The van der Waals surface area contributed by atoms with Crippen molar-refractivity contribution in [1.82, 2.24) is 15.3 Å². The lowest BCUT2D eigenvalue weighted by atomic mass is 9.99. The van der Waals surface area contributed by atoms with Crippen LogP contribution in [0.15, 0.2) is 60.8 Å². The number of nitrogens with one attached hydrogen (secondary N) is 2. The van der Waals surface area contributed by atoms with Gasteiger partial charge in [-0.3, -0.25) is 4.79 Å². The maximum atomic E-state index is 13.7. The van der Waals surface area contributed by atoms with Crippen LogP contribution in [0.2, 0.25) is 0 Å². The number of aliphatic hydroxyl groups excluding tert-OH is 1. The highest BCUT2D eigenvalue weighted by Gasteiger charge is 2.20. The third-order valence-corrected chi connectivity index (χ3v) is 7.27. The monoisotopic (exact) mass is 573 g/mol. The van der Waals surface area contributed by atoms with Crippen molar-refractivity contribution in [2.45, 2.75) is 6.42 Å². The molecular formula is C32H32FN3O6. The van der Waals surface area contributed by atoms with Gasteiger partial charge in [-0.1, -0.05) is 0 Å². The van der Waals surface area contributed by atoms with Crippen LogP contribution in [-0.2, 0) is 6.42 Å². The summed E-state index contributed by atoms with van der Waals surface area (Å²) in [5, 5.41) is 14.6. The van der Waals surface area contributed by atoms with E-state index in [-0.39, 0.29) is 30.8 Å². The Kier molecular flexibility index (Phi) is 8.44. The second kappa shape index (κ2) is 12.4. The van der Waals surface area contributed by atoms with Gasteiger partial charge in [-0.2, -0.15) is 0 Å². The van der Waals surface area contributed by atoms with E-state index in [0.717, 1.165) is 10.9 Å². The molecule has 42 heavy (non-hydrogen) atoms. The third-order valence-electron chi connectivity index (χ3n) is 7.27. The molecule has 2 heterocycles. The van der Waals surface area contributed by atoms with Gasteiger partial charge < -0.3 is 34.4 Å². The highest BCUT2D eigenvalue weighted by Crippen LogP contribution is 2.41. The van der Waals surface area contributed by atoms with Crippen LogP contribution in [0.3, 0.4) is 0 Å². The number of aromatic amines is 1. The summed E-state index contributed by atoms with van der Waals surface area (Å²) >= 11 is 0. The highest BCUT2D eigenvalue weighted by atomic mass is 19.1. The van der Waals surface area contributed by atoms with Crippen molar-refractivity contribution in [2.24, 2.45) is 5.92 Å². The number of benzene rings is 3. The first kappa shape index (κ1) is 28.7. The summed E-state index contributed by atoms with van der Waals surface area (Å²) in [6, 6.07) is 15.2. The van der Waals surface area contributed by atoms with Gasteiger partial charge in [0, 0.05) is 47.1 Å². The number of hydrogen-bond donors (Lipinski definition) is 3. The first-order valence-corrected chi connectivity index (χ1v) is 13.3. The maximum absolute atomic E-state index is 13.7. The summed E-state index contributed by atoms with van der Waals surface area (Å²) in [7, 11) is 6.16. The lowest BCUT2D eigenvalue weighted by molar-refractivity contribution is 0.0941. The van der Waals surface area contributed by atoms with Gasteiger partial charge >= 0.3 is 0 Å². The van der Waals surface area contributed by atoms with E-state index in [9.17, 15) is 14.3 Å². The maximum Gasteiger partial charge on any atom is 0.252 e. The molecule has 0 radical (unpaired) electrons. The molecule has 5 aromatic rings. The van der Waals surface area contributed by atoms with Crippen LogP contribution >= 0.6 is 0 Å². The van der Waals surface area contributed by atoms with Crippen molar-refractivity contribution in [3.63, 3.8) is 0 Å². The van der Waals surface area contributed by atoms with Gasteiger partial charge in [0.05, 0.1) is 45.2 Å². The summed E-state index contributed by atoms with van der Waals surface area (Å²) in [6.07, 6.45) is 2.30. The summed E-state index contributed by atoms with van der Waals surface area (Å²) in [5.41, 5.74) is 3.80. The molecule has 3 N–H and O–H groups in total. The zero-order valence-electron chi connectivity index (χ0n) is 23.8. The number of amides is 1. The number of fused-ring (bicyclic) bond motifs is 2. The van der Waals surface area contributed by atoms with Gasteiger partial charge in [0.1, 0.15) is 11.6 Å². The van der Waals surface area contributed by atoms with Crippen LogP contribution in [0, 0.1) is 11.7 Å². The topological polar surface area (TPSA) is 115 Å². The molecule has 0 saturated heterocycles. The molecule has 10 heteroatoms. The highest BCUT2D eigenvalue weighted by molar-refractivity contribution is 6.07. The standard InChI is InChI=1S/C32H32FN3O6/c1-39-22-6-8-26-24(13-22)25(14-27(36-26)19-10-29(40-2)31(42-4)30(11-19)41-3)32(38)35-15-18(17-37)9-20-16-34-28-12-21(33)5-7-23(20)28/h5-8,10-14,16,18,34,37H,9,15,17H2,1-4H3,(H,35,38)/t18-/m0/s1. The van der Waals surface area contributed by atoms with Gasteiger partial charge in [-0.15, -0.1) is 0 Å². The lowest BCUT2D eigenvalue weighted by Gasteiger charge is -2.17. The zero-order valence-corrected chi connectivity index (χ0v) is 23.8. The van der Waals surface area contributed by atoms with Crippen molar-refractivity contribution < 1.29 is 33.2 Å². The molecule has 0 fully saturated rings. The zero-order chi connectivity index (χ0) is 29.8. The van der Waals surface area contributed by atoms with Gasteiger partial charge in [0.15, 0.2) is 11.5 Å². The molecule has 3 aromatic carbocycles. The van der Waals surface area contributed by atoms with Crippen molar-refractivity contribution in [1.29, 1.82) is 0 Å². The number of rotatable bonds is 11. The average Bonchev–Trinajstić information content (AvgIpc) is 3.42. The Bertz CT molecular complexity index is 1730. The Labute approximate surface area is 242 Å². The van der Waals surface area contributed by atoms with E-state index in [1.807, 2.05) is 0 Å². The fraction of sp³-hybridized carbons (Fsp3) is 0.250. The lowest BCUT2D eigenvalue weighted by Crippen LogP contribution is -2.32. The molecule has 9 nitrogen and oxygen atoms in total. The average molecular weight is 574 g/mol. The molecule has 1 amide bonds. The minimum Gasteiger partial charge on any atom is -0.497 e. The van der Waals surface area contributed by atoms with Crippen LogP contribution in [-0.4, -0.2) is 62.6 Å². The number of ether oxygens (including phenoxy) is 4. The van der Waals surface area contributed by atoms with Crippen LogP contribution in [0.1, 0.15) is 15.9 Å². The Morgan fingerprint density at radius 2 is 1.71 bits per heavy atom. The molecule has 0 bridgehead atoms. The van der Waals surface area contributed by atoms with Crippen LogP contribution in [0.5, 0.6) is 23.0 Å². The Morgan fingerprint density at radius 1 is 0.952 bits per heavy atom. The van der Waals surface area contributed by atoms with E-state index in [2.05, 4.69) is 10.3 Å². The molecule has 0 unspecified atom stereocenters. The fourth-order valence-electron chi connectivity index (χ4n) is 5.07. The van der Waals surface area contributed by atoms with Crippen molar-refractivity contribution in [3.8, 4) is 34.3 Å². The number of aliphatic hydroxyl groups is 1. The van der Waals surface area contributed by atoms with E-state index in [4.69, 9.17) is 23.9 Å². The number of carbonyl (C=O) groups excluding carboxylic acids is 1. The third kappa shape index (κ3) is 5.66.